The number of imidazole rings is 1. The van der Waals surface area contributed by atoms with E-state index in [1.807, 2.05) is 25.1 Å². The third-order valence-corrected chi connectivity index (χ3v) is 2.65. The fourth-order valence-corrected chi connectivity index (χ4v) is 1.66. The first-order chi connectivity index (χ1) is 7.20. The Morgan fingerprint density at radius 1 is 1.47 bits per heavy atom. The summed E-state index contributed by atoms with van der Waals surface area (Å²) in [5, 5.41) is 0.706. The van der Waals surface area contributed by atoms with Crippen LogP contribution in [0.15, 0.2) is 24.4 Å². The van der Waals surface area contributed by atoms with Crippen LogP contribution in [-0.4, -0.2) is 9.97 Å². The molecule has 0 amide bonds. The molecule has 1 aromatic carbocycles. The molecule has 1 heterocycles. The van der Waals surface area contributed by atoms with Crippen LogP contribution in [0.25, 0.3) is 11.3 Å². The Balaban J connectivity index is 2.45. The minimum Gasteiger partial charge on any atom is -0.342 e. The van der Waals surface area contributed by atoms with Crippen LogP contribution < -0.4 is 5.73 Å². The molecule has 3 nitrogen and oxygen atoms in total. The van der Waals surface area contributed by atoms with Crippen molar-refractivity contribution in [3.8, 4) is 11.3 Å². The summed E-state index contributed by atoms with van der Waals surface area (Å²) in [7, 11) is 0. The minimum absolute atomic E-state index is 0.444. The van der Waals surface area contributed by atoms with E-state index in [1.54, 1.807) is 6.20 Å². The maximum Gasteiger partial charge on any atom is 0.103 e. The van der Waals surface area contributed by atoms with E-state index in [2.05, 4.69) is 9.97 Å². The molecular formula is C11H12ClN3. The molecule has 0 fully saturated rings. The van der Waals surface area contributed by atoms with E-state index in [-0.39, 0.29) is 0 Å². The van der Waals surface area contributed by atoms with Crippen molar-refractivity contribution in [2.45, 2.75) is 13.5 Å². The van der Waals surface area contributed by atoms with Gasteiger partial charge in [0.15, 0.2) is 0 Å². The summed E-state index contributed by atoms with van der Waals surface area (Å²) in [6, 6.07) is 5.79. The monoisotopic (exact) mass is 221 g/mol. The van der Waals surface area contributed by atoms with Crippen LogP contribution in [-0.2, 0) is 6.54 Å². The van der Waals surface area contributed by atoms with Crippen molar-refractivity contribution < 1.29 is 0 Å². The third-order valence-electron chi connectivity index (χ3n) is 2.28. The normalized spacial score (nSPS) is 10.6. The van der Waals surface area contributed by atoms with Gasteiger partial charge in [0.25, 0.3) is 0 Å². The second-order valence-electron chi connectivity index (χ2n) is 3.39. The van der Waals surface area contributed by atoms with E-state index in [0.29, 0.717) is 11.6 Å². The third kappa shape index (κ3) is 2.03. The summed E-state index contributed by atoms with van der Waals surface area (Å²) in [5.41, 5.74) is 8.58. The lowest BCUT2D eigenvalue weighted by Crippen LogP contribution is -1.97. The first-order valence-corrected chi connectivity index (χ1v) is 5.09. The van der Waals surface area contributed by atoms with Crippen LogP contribution >= 0.6 is 11.6 Å². The fraction of sp³-hybridized carbons (Fsp3) is 0.182. The highest BCUT2D eigenvalue weighted by molar-refractivity contribution is 6.31. The fourth-order valence-electron chi connectivity index (χ4n) is 1.47. The largest absolute Gasteiger partial charge is 0.342 e. The van der Waals surface area contributed by atoms with Gasteiger partial charge in [-0.05, 0) is 30.2 Å². The summed E-state index contributed by atoms with van der Waals surface area (Å²) in [4.78, 5) is 7.32. The Bertz CT molecular complexity index is 476. The maximum atomic E-state index is 5.98. The summed E-state index contributed by atoms with van der Waals surface area (Å²) in [5.74, 6) is 0.897. The molecule has 3 N–H and O–H groups in total. The average molecular weight is 222 g/mol. The number of hydrogen-bond acceptors (Lipinski definition) is 2. The molecule has 0 aliphatic heterocycles. The number of benzene rings is 1. The Hall–Kier alpha value is -1.32. The summed E-state index contributed by atoms with van der Waals surface area (Å²) >= 11 is 5.98. The van der Waals surface area contributed by atoms with Gasteiger partial charge in [-0.15, -0.1) is 0 Å². The molecule has 0 unspecified atom stereocenters. The smallest absolute Gasteiger partial charge is 0.103 e. The predicted molar refractivity (Wildman–Crippen MR) is 61.7 cm³/mol. The Kier molecular flexibility index (Phi) is 2.75. The van der Waals surface area contributed by atoms with Crippen molar-refractivity contribution in [3.63, 3.8) is 0 Å². The zero-order valence-corrected chi connectivity index (χ0v) is 9.17. The summed E-state index contributed by atoms with van der Waals surface area (Å²) in [6.45, 7) is 2.36. The van der Waals surface area contributed by atoms with Gasteiger partial charge in [0, 0.05) is 11.6 Å². The molecular weight excluding hydrogens is 210 g/mol. The lowest BCUT2D eigenvalue weighted by molar-refractivity contribution is 1.07. The van der Waals surface area contributed by atoms with E-state index in [9.17, 15) is 0 Å². The molecule has 0 saturated heterocycles. The van der Waals surface area contributed by atoms with Crippen molar-refractivity contribution >= 4 is 11.6 Å². The van der Waals surface area contributed by atoms with Crippen LogP contribution in [0.5, 0.6) is 0 Å². The highest BCUT2D eigenvalue weighted by Crippen LogP contribution is 2.23. The number of aryl methyl sites for hydroxylation is 1. The Morgan fingerprint density at radius 2 is 2.27 bits per heavy atom. The van der Waals surface area contributed by atoms with Gasteiger partial charge in [-0.1, -0.05) is 17.7 Å². The van der Waals surface area contributed by atoms with E-state index in [4.69, 9.17) is 17.3 Å². The van der Waals surface area contributed by atoms with Crippen LogP contribution in [0.4, 0.5) is 0 Å². The zero-order valence-electron chi connectivity index (χ0n) is 8.42. The van der Waals surface area contributed by atoms with Crippen molar-refractivity contribution in [2.24, 2.45) is 5.73 Å². The maximum absolute atomic E-state index is 5.98. The molecule has 78 valence electrons. The van der Waals surface area contributed by atoms with Crippen LogP contribution in [0.1, 0.15) is 11.4 Å². The Labute approximate surface area is 93.3 Å². The number of halogens is 1. The molecule has 2 aromatic rings. The van der Waals surface area contributed by atoms with E-state index in [0.717, 1.165) is 22.6 Å². The number of hydrogen-bond donors (Lipinski definition) is 2. The van der Waals surface area contributed by atoms with E-state index in [1.165, 1.54) is 0 Å². The van der Waals surface area contributed by atoms with Gasteiger partial charge in [-0.2, -0.15) is 0 Å². The van der Waals surface area contributed by atoms with Gasteiger partial charge in [-0.25, -0.2) is 4.98 Å². The number of aromatic nitrogens is 2. The number of nitrogens with one attached hydrogen (secondary N) is 1. The predicted octanol–water partition coefficient (Wildman–Crippen LogP) is 2.50. The molecule has 0 atom stereocenters. The minimum atomic E-state index is 0.444. The summed E-state index contributed by atoms with van der Waals surface area (Å²) in [6.07, 6.45) is 1.80. The first-order valence-electron chi connectivity index (χ1n) is 4.71. The zero-order chi connectivity index (χ0) is 10.8. The molecule has 0 bridgehead atoms. The molecule has 0 saturated carbocycles. The molecule has 0 aliphatic rings. The van der Waals surface area contributed by atoms with E-state index < -0.39 is 0 Å². The number of H-pyrrole nitrogens is 1. The second kappa shape index (κ2) is 4.04. The number of aromatic amines is 1. The first kappa shape index (κ1) is 10.2. The van der Waals surface area contributed by atoms with Gasteiger partial charge >= 0.3 is 0 Å². The topological polar surface area (TPSA) is 54.7 Å². The highest BCUT2D eigenvalue weighted by Gasteiger charge is 2.04. The quantitative estimate of drug-likeness (QED) is 0.819. The standard InChI is InChI=1S/C11H12ClN3/c1-7-14-6-11(15-7)8-2-3-10(12)9(4-8)5-13/h2-4,6H,5,13H2,1H3,(H,14,15). The highest BCUT2D eigenvalue weighted by atomic mass is 35.5. The number of nitrogens with zero attached hydrogens (tertiary/aromatic N) is 1. The van der Waals surface area contributed by atoms with Crippen LogP contribution in [0, 0.1) is 6.92 Å². The van der Waals surface area contributed by atoms with Gasteiger partial charge in [-0.3, -0.25) is 0 Å². The van der Waals surface area contributed by atoms with Gasteiger partial charge in [0.2, 0.25) is 0 Å². The SMILES string of the molecule is Cc1ncc(-c2ccc(Cl)c(CN)c2)[nH]1. The number of rotatable bonds is 2. The lowest BCUT2D eigenvalue weighted by Gasteiger charge is -2.03. The van der Waals surface area contributed by atoms with E-state index >= 15 is 0 Å². The van der Waals surface area contributed by atoms with Crippen molar-refractivity contribution in [2.75, 3.05) is 0 Å². The molecule has 4 heteroatoms. The average Bonchev–Trinajstić information content (AvgIpc) is 2.66. The molecule has 0 spiro atoms. The summed E-state index contributed by atoms with van der Waals surface area (Å²) < 4.78 is 0. The number of nitrogens with two attached hydrogens (primary N) is 1. The van der Waals surface area contributed by atoms with Crippen molar-refractivity contribution in [1.82, 2.24) is 9.97 Å². The molecule has 15 heavy (non-hydrogen) atoms. The molecule has 2 rings (SSSR count). The van der Waals surface area contributed by atoms with Gasteiger partial charge < -0.3 is 10.7 Å². The van der Waals surface area contributed by atoms with Crippen molar-refractivity contribution in [3.05, 3.63) is 40.8 Å². The second-order valence-corrected chi connectivity index (χ2v) is 3.80. The Morgan fingerprint density at radius 3 is 2.87 bits per heavy atom. The molecule has 0 radical (unpaired) electrons. The molecule has 0 aliphatic carbocycles. The van der Waals surface area contributed by atoms with Crippen LogP contribution in [0.2, 0.25) is 5.02 Å². The molecule has 1 aromatic heterocycles. The van der Waals surface area contributed by atoms with Crippen LogP contribution in [0.3, 0.4) is 0 Å². The lowest BCUT2D eigenvalue weighted by atomic mass is 10.1. The van der Waals surface area contributed by atoms with Gasteiger partial charge in [0.1, 0.15) is 5.82 Å². The van der Waals surface area contributed by atoms with Crippen molar-refractivity contribution in [1.29, 1.82) is 0 Å². The van der Waals surface area contributed by atoms with Gasteiger partial charge in [0.05, 0.1) is 11.9 Å².